The Morgan fingerprint density at radius 1 is 0.941 bits per heavy atom. The molecule has 0 bridgehead atoms. The molecule has 68 heavy (non-hydrogen) atoms. The fourth-order valence-corrected chi connectivity index (χ4v) is 11.3. The highest BCUT2D eigenvalue weighted by Crippen LogP contribution is 2.56. The summed E-state index contributed by atoms with van der Waals surface area (Å²) in [5, 5.41) is 15.0. The van der Waals surface area contributed by atoms with Crippen molar-refractivity contribution in [2.24, 2.45) is 5.92 Å². The van der Waals surface area contributed by atoms with E-state index < -0.39 is 34.9 Å². The number of hydrogen-bond donors (Lipinski definition) is 1. The van der Waals surface area contributed by atoms with E-state index in [1.54, 1.807) is 61.0 Å². The molecule has 2 aliphatic heterocycles. The molecule has 16 nitrogen and oxygen atoms in total. The molecule has 3 fully saturated rings. The van der Waals surface area contributed by atoms with Crippen LogP contribution in [0.1, 0.15) is 108 Å². The lowest BCUT2D eigenvalue weighted by molar-refractivity contribution is 0.0357. The number of nitrogens with zero attached hydrogens (tertiary/aromatic N) is 9. The number of fused-ring (bicyclic) bond motifs is 3. The number of rotatable bonds is 10. The van der Waals surface area contributed by atoms with Gasteiger partial charge in [-0.3, -0.25) is 28.1 Å². The summed E-state index contributed by atoms with van der Waals surface area (Å²) in [6, 6.07) is 14.0. The smallest absolute Gasteiger partial charge is 0.382 e. The molecule has 4 aliphatic rings. The van der Waals surface area contributed by atoms with Crippen molar-refractivity contribution in [2.45, 2.75) is 95.8 Å². The van der Waals surface area contributed by atoms with Gasteiger partial charge in [0.05, 0.1) is 52.9 Å². The molecule has 5 aromatic heterocycles. The number of carbonyl (C=O) groups is 1. The molecule has 0 radical (unpaired) electrons. The zero-order valence-corrected chi connectivity index (χ0v) is 38.3. The predicted octanol–water partition coefficient (Wildman–Crippen LogP) is 7.48. The van der Waals surface area contributed by atoms with Crippen molar-refractivity contribution in [3.05, 3.63) is 139 Å². The van der Waals surface area contributed by atoms with Gasteiger partial charge in [0.2, 0.25) is 0 Å². The summed E-state index contributed by atoms with van der Waals surface area (Å²) in [5.74, 6) is -1.01. The maximum atomic E-state index is 16.5. The summed E-state index contributed by atoms with van der Waals surface area (Å²) in [5.41, 5.74) is 4.02. The van der Waals surface area contributed by atoms with Crippen molar-refractivity contribution in [1.29, 1.82) is 0 Å². The second-order valence-corrected chi connectivity index (χ2v) is 19.2. The third-order valence-corrected chi connectivity index (χ3v) is 14.9. The number of ether oxygens (including phenoxy) is 2. The summed E-state index contributed by atoms with van der Waals surface area (Å²) in [6.07, 6.45) is 9.20. The first kappa shape index (κ1) is 42.4. The Hall–Kier alpha value is -6.92. The number of aryl methyl sites for hydroxylation is 2. The number of benzene rings is 3. The topological polar surface area (TPSA) is 165 Å². The van der Waals surface area contributed by atoms with E-state index in [2.05, 4.69) is 40.4 Å². The minimum atomic E-state index is -0.889. The largest absolute Gasteiger partial charge is 0.438 e. The highest BCUT2D eigenvalue weighted by molar-refractivity contribution is 6.00. The molecule has 2 aliphatic carbocycles. The second-order valence-electron chi connectivity index (χ2n) is 19.2. The van der Waals surface area contributed by atoms with Gasteiger partial charge in [0.25, 0.3) is 5.91 Å². The molecule has 2 saturated carbocycles. The molecule has 1 N–H and O–H groups in total. The van der Waals surface area contributed by atoms with E-state index >= 15 is 13.6 Å². The van der Waals surface area contributed by atoms with Crippen LogP contribution in [0.25, 0.3) is 39.0 Å². The summed E-state index contributed by atoms with van der Waals surface area (Å²) in [4.78, 5) is 48.0. The van der Waals surface area contributed by atoms with Gasteiger partial charge in [-0.15, -0.1) is 0 Å². The number of methoxy groups -OCH3 is 1. The molecule has 12 rings (SSSR count). The summed E-state index contributed by atoms with van der Waals surface area (Å²) >= 11 is 0. The van der Waals surface area contributed by atoms with E-state index in [0.717, 1.165) is 42.1 Å². The van der Waals surface area contributed by atoms with E-state index in [9.17, 15) is 9.59 Å². The van der Waals surface area contributed by atoms with Crippen LogP contribution in [-0.4, -0.2) is 87.2 Å². The fourth-order valence-electron chi connectivity index (χ4n) is 11.3. The van der Waals surface area contributed by atoms with E-state index in [-0.39, 0.29) is 36.0 Å². The highest BCUT2D eigenvalue weighted by atomic mass is 19.1. The van der Waals surface area contributed by atoms with Gasteiger partial charge >= 0.3 is 11.4 Å². The van der Waals surface area contributed by atoms with Crippen LogP contribution in [0.4, 0.5) is 8.78 Å². The molecule has 4 atom stereocenters. The van der Waals surface area contributed by atoms with Crippen LogP contribution in [0.5, 0.6) is 0 Å². The van der Waals surface area contributed by atoms with E-state index in [1.807, 2.05) is 22.2 Å². The van der Waals surface area contributed by atoms with Crippen molar-refractivity contribution in [3.63, 3.8) is 0 Å². The first-order valence-corrected chi connectivity index (χ1v) is 23.3. The zero-order valence-electron chi connectivity index (χ0n) is 38.3. The Morgan fingerprint density at radius 2 is 1.68 bits per heavy atom. The Labute approximate surface area is 387 Å². The number of imidazole rings is 1. The molecule has 1 saturated heterocycles. The number of hydrogen-bond acceptors (Lipinski definition) is 9. The lowest BCUT2D eigenvalue weighted by Gasteiger charge is -2.40. The van der Waals surface area contributed by atoms with E-state index in [0.29, 0.717) is 88.3 Å². The van der Waals surface area contributed by atoms with Crippen LogP contribution in [0.3, 0.4) is 0 Å². The van der Waals surface area contributed by atoms with Gasteiger partial charge in [-0.2, -0.15) is 10.2 Å². The molecule has 7 heterocycles. The molecule has 0 spiro atoms. The normalized spacial score (nSPS) is 21.9. The molecule has 350 valence electrons. The molecular weight excluding hydrogens is 875 g/mol. The van der Waals surface area contributed by atoms with Gasteiger partial charge in [-0.05, 0) is 124 Å². The van der Waals surface area contributed by atoms with Crippen molar-refractivity contribution in [2.75, 3.05) is 26.9 Å². The monoisotopic (exact) mass is 924 g/mol. The van der Waals surface area contributed by atoms with Crippen LogP contribution in [0.15, 0.2) is 81.2 Å². The molecule has 3 aromatic carbocycles. The first-order valence-electron chi connectivity index (χ1n) is 23.3. The Kier molecular flexibility index (Phi) is 9.71. The predicted molar refractivity (Wildman–Crippen MR) is 246 cm³/mol. The number of H-pyrrole nitrogens is 1. The van der Waals surface area contributed by atoms with Crippen molar-refractivity contribution < 1.29 is 27.6 Å². The molecule has 0 unspecified atom stereocenters. The van der Waals surface area contributed by atoms with Crippen LogP contribution in [0.2, 0.25) is 0 Å². The van der Waals surface area contributed by atoms with Crippen LogP contribution in [0, 0.1) is 31.4 Å². The van der Waals surface area contributed by atoms with Gasteiger partial charge in [-0.25, -0.2) is 23.1 Å². The lowest BCUT2D eigenvalue weighted by atomic mass is 9.91. The Balaban J connectivity index is 1.03. The van der Waals surface area contributed by atoms with Gasteiger partial charge in [0.1, 0.15) is 22.9 Å². The third-order valence-electron chi connectivity index (χ3n) is 14.9. The van der Waals surface area contributed by atoms with Crippen molar-refractivity contribution in [3.8, 4) is 17.2 Å². The van der Waals surface area contributed by atoms with Gasteiger partial charge < -0.3 is 18.9 Å². The fraction of sp³-hybridized carbons (Fsp3) is 0.400. The Morgan fingerprint density at radius 3 is 2.37 bits per heavy atom. The number of aromatic nitrogens is 9. The number of aromatic amines is 1. The molecule has 1 amide bonds. The minimum Gasteiger partial charge on any atom is -0.382 e. The number of amides is 1. The molecular formula is C50H50F2N10O6. The van der Waals surface area contributed by atoms with Crippen molar-refractivity contribution in [1.82, 2.24) is 48.3 Å². The van der Waals surface area contributed by atoms with Gasteiger partial charge in [0.15, 0.2) is 11.6 Å². The number of halogens is 2. The van der Waals surface area contributed by atoms with Crippen molar-refractivity contribution >= 4 is 27.7 Å². The summed E-state index contributed by atoms with van der Waals surface area (Å²) in [7, 11) is 1.56. The SMILES string of the molecule is COC[C@H]1c2c(nn(-c3cc(C)c(F)c(C)c3)c2-n2ccn(-c3ccc4c(cnn4C4CC4)c3F)c2=O)C[C@@H](C)N1C(=O)c1cc2cc(C3CCOCC3)ccc2n1[C@@]1(c2noc(=O)[nH]2)C[C@@H]1C. The number of carbonyl (C=O) groups excluding carboxylic acids is 1. The zero-order chi connectivity index (χ0) is 46.9. The average molecular weight is 925 g/mol. The summed E-state index contributed by atoms with van der Waals surface area (Å²) < 4.78 is 56.7. The van der Waals surface area contributed by atoms with E-state index in [4.69, 9.17) is 19.1 Å². The Bertz CT molecular complexity index is 3450. The highest BCUT2D eigenvalue weighted by Gasteiger charge is 2.59. The summed E-state index contributed by atoms with van der Waals surface area (Å²) in [6.45, 7) is 8.74. The standard InChI is InChI=1S/C50H50F2N10O6/c1-26-18-34(19-27(2)43(26)51)62-45(58-15-14-57(49(58)65)39-11-10-38-35(44(39)52)24-53-61(38)33-7-8-33)42-36(55-62)20-29(4)59(41(42)25-66-5)46(63)40-22-32-21-31(30-12-16-67-17-13-30)6-9-37(32)60(40)50(23-28(50)3)47-54-48(64)68-56-47/h6,9-11,14-15,18-19,21-22,24,28-30,33,41H,7-8,12-13,16-17,20,23,25H2,1-5H3,(H,54,56,64)/t28-,29+,41-,50-/m0/s1. The average Bonchev–Trinajstić information content (AvgIpc) is 3.86. The molecule has 18 heteroatoms. The van der Waals surface area contributed by atoms with E-state index in [1.165, 1.54) is 21.5 Å². The van der Waals surface area contributed by atoms with Crippen LogP contribution < -0.4 is 11.4 Å². The van der Waals surface area contributed by atoms with Crippen LogP contribution >= 0.6 is 0 Å². The molecule has 8 aromatic rings. The number of nitrogens with one attached hydrogen (secondary N) is 1. The maximum absolute atomic E-state index is 16.5. The quantitative estimate of drug-likeness (QED) is 0.147. The van der Waals surface area contributed by atoms with Gasteiger partial charge in [-0.1, -0.05) is 18.1 Å². The maximum Gasteiger partial charge on any atom is 0.438 e. The third kappa shape index (κ3) is 6.36. The lowest BCUT2D eigenvalue weighted by Crippen LogP contribution is -2.48. The first-order chi connectivity index (χ1) is 32.9. The minimum absolute atomic E-state index is 0.0151. The second kappa shape index (κ2) is 15.6. The van der Waals surface area contributed by atoms with Crippen LogP contribution in [-0.2, 0) is 21.4 Å². The van der Waals surface area contributed by atoms with Gasteiger partial charge in [0, 0.05) is 61.6 Å².